The van der Waals surface area contributed by atoms with Crippen LogP contribution >= 0.6 is 23.2 Å². The fraction of sp³-hybridized carbons (Fsp3) is 0.188. The average Bonchev–Trinajstić information content (AvgIpc) is 2.80. The van der Waals surface area contributed by atoms with Gasteiger partial charge in [0.2, 0.25) is 5.91 Å². The Kier molecular flexibility index (Phi) is 3.68. The van der Waals surface area contributed by atoms with Gasteiger partial charge in [-0.15, -0.1) is 0 Å². The van der Waals surface area contributed by atoms with Gasteiger partial charge in [0, 0.05) is 22.5 Å². The lowest BCUT2D eigenvalue weighted by atomic mass is 9.84. The first-order valence-electron chi connectivity index (χ1n) is 6.44. The number of hydrogen-bond donors (Lipinski definition) is 1. The van der Waals surface area contributed by atoms with Crippen LogP contribution in [-0.4, -0.2) is 12.5 Å². The summed E-state index contributed by atoms with van der Waals surface area (Å²) in [6.07, 6.45) is 0. The fourth-order valence-corrected chi connectivity index (χ4v) is 3.15. The molecule has 0 aliphatic carbocycles. The second kappa shape index (κ2) is 5.47. The molecule has 1 saturated heterocycles. The second-order valence-electron chi connectivity index (χ2n) is 4.94. The van der Waals surface area contributed by atoms with Crippen LogP contribution in [0.4, 0.5) is 0 Å². The van der Waals surface area contributed by atoms with Gasteiger partial charge in [0.15, 0.2) is 0 Å². The average molecular weight is 306 g/mol. The molecule has 0 spiro atoms. The van der Waals surface area contributed by atoms with Crippen molar-refractivity contribution in [2.45, 2.75) is 11.8 Å². The third-order valence-electron chi connectivity index (χ3n) is 3.67. The largest absolute Gasteiger partial charge is 0.355 e. The molecule has 2 aromatic rings. The molecule has 0 radical (unpaired) electrons. The van der Waals surface area contributed by atoms with E-state index in [0.29, 0.717) is 16.6 Å². The molecular formula is C16H13Cl2NO. The number of carbonyl (C=O) groups excluding carboxylic acids is 1. The molecule has 1 aliphatic heterocycles. The third-order valence-corrected chi connectivity index (χ3v) is 4.14. The Morgan fingerprint density at radius 2 is 1.55 bits per heavy atom. The van der Waals surface area contributed by atoms with Crippen molar-refractivity contribution >= 4 is 29.1 Å². The number of rotatable bonds is 2. The van der Waals surface area contributed by atoms with Crippen LogP contribution in [0.25, 0.3) is 0 Å². The van der Waals surface area contributed by atoms with E-state index in [1.165, 1.54) is 0 Å². The van der Waals surface area contributed by atoms with Gasteiger partial charge in [0.05, 0.1) is 5.92 Å². The molecule has 1 amide bonds. The van der Waals surface area contributed by atoms with Crippen LogP contribution in [-0.2, 0) is 4.79 Å². The Morgan fingerprint density at radius 3 is 2.20 bits per heavy atom. The molecule has 1 N–H and O–H groups in total. The summed E-state index contributed by atoms with van der Waals surface area (Å²) in [5.74, 6) is -0.0934. The van der Waals surface area contributed by atoms with Gasteiger partial charge in [-0.05, 0) is 35.4 Å². The van der Waals surface area contributed by atoms with Crippen molar-refractivity contribution in [2.75, 3.05) is 6.54 Å². The van der Waals surface area contributed by atoms with Gasteiger partial charge in [0.1, 0.15) is 0 Å². The van der Waals surface area contributed by atoms with Crippen molar-refractivity contribution in [1.82, 2.24) is 5.32 Å². The molecular weight excluding hydrogens is 293 g/mol. The summed E-state index contributed by atoms with van der Waals surface area (Å²) in [6, 6.07) is 15.2. The molecule has 1 aliphatic rings. The second-order valence-corrected chi connectivity index (χ2v) is 5.81. The lowest BCUT2D eigenvalue weighted by Crippen LogP contribution is -2.18. The summed E-state index contributed by atoms with van der Waals surface area (Å²) in [5.41, 5.74) is 2.01. The zero-order chi connectivity index (χ0) is 14.1. The van der Waals surface area contributed by atoms with Gasteiger partial charge in [-0.1, -0.05) is 47.5 Å². The maximum Gasteiger partial charge on any atom is 0.228 e. The van der Waals surface area contributed by atoms with E-state index in [4.69, 9.17) is 23.2 Å². The molecule has 0 aromatic heterocycles. The minimum absolute atomic E-state index is 0.0391. The van der Waals surface area contributed by atoms with Crippen LogP contribution in [0.1, 0.15) is 23.0 Å². The topological polar surface area (TPSA) is 29.1 Å². The number of nitrogens with one attached hydrogen (secondary N) is 1. The normalized spacial score (nSPS) is 21.8. The summed E-state index contributed by atoms with van der Waals surface area (Å²) in [5, 5.41) is 4.26. The Morgan fingerprint density at radius 1 is 0.950 bits per heavy atom. The predicted octanol–water partition coefficient (Wildman–Crippen LogP) is 3.99. The molecule has 2 atom stereocenters. The van der Waals surface area contributed by atoms with Gasteiger partial charge in [-0.2, -0.15) is 0 Å². The van der Waals surface area contributed by atoms with Crippen molar-refractivity contribution in [3.8, 4) is 0 Å². The third kappa shape index (κ3) is 2.54. The van der Waals surface area contributed by atoms with Crippen LogP contribution in [0.5, 0.6) is 0 Å². The van der Waals surface area contributed by atoms with Gasteiger partial charge in [-0.3, -0.25) is 4.79 Å². The molecule has 0 unspecified atom stereocenters. The first-order chi connectivity index (χ1) is 9.65. The maximum absolute atomic E-state index is 12.2. The number of amides is 1. The van der Waals surface area contributed by atoms with Crippen molar-refractivity contribution in [3.05, 3.63) is 69.7 Å². The summed E-state index contributed by atoms with van der Waals surface area (Å²) in [6.45, 7) is 0.621. The zero-order valence-electron chi connectivity index (χ0n) is 10.6. The molecule has 1 heterocycles. The molecule has 0 bridgehead atoms. The zero-order valence-corrected chi connectivity index (χ0v) is 12.2. The Labute approximate surface area is 127 Å². The predicted molar refractivity (Wildman–Crippen MR) is 81.4 cm³/mol. The summed E-state index contributed by atoms with van der Waals surface area (Å²) < 4.78 is 0. The monoisotopic (exact) mass is 305 g/mol. The lowest BCUT2D eigenvalue weighted by molar-refractivity contribution is -0.120. The highest BCUT2D eigenvalue weighted by Crippen LogP contribution is 2.38. The highest BCUT2D eigenvalue weighted by atomic mass is 35.5. The van der Waals surface area contributed by atoms with Crippen LogP contribution in [0.2, 0.25) is 10.0 Å². The number of benzene rings is 2. The standard InChI is InChI=1S/C16H13Cl2NO/c17-12-5-1-3-10(7-12)14-9-19-16(20)15(14)11-4-2-6-13(18)8-11/h1-8,14-15H,9H2,(H,19,20)/t14-,15-/m0/s1. The van der Waals surface area contributed by atoms with E-state index in [0.717, 1.165) is 11.1 Å². The Bertz CT molecular complexity index is 656. The van der Waals surface area contributed by atoms with Gasteiger partial charge >= 0.3 is 0 Å². The molecule has 2 nitrogen and oxygen atoms in total. The van der Waals surface area contributed by atoms with Crippen LogP contribution in [0, 0.1) is 0 Å². The minimum Gasteiger partial charge on any atom is -0.355 e. The van der Waals surface area contributed by atoms with Gasteiger partial charge in [-0.25, -0.2) is 0 Å². The van der Waals surface area contributed by atoms with Crippen molar-refractivity contribution < 1.29 is 4.79 Å². The molecule has 4 heteroatoms. The van der Waals surface area contributed by atoms with E-state index in [-0.39, 0.29) is 17.7 Å². The quantitative estimate of drug-likeness (QED) is 0.893. The van der Waals surface area contributed by atoms with Gasteiger partial charge < -0.3 is 5.32 Å². The molecule has 102 valence electrons. The van der Waals surface area contributed by atoms with E-state index in [1.54, 1.807) is 0 Å². The summed E-state index contributed by atoms with van der Waals surface area (Å²) in [4.78, 5) is 12.2. The molecule has 20 heavy (non-hydrogen) atoms. The smallest absolute Gasteiger partial charge is 0.228 e. The highest BCUT2D eigenvalue weighted by molar-refractivity contribution is 6.31. The number of carbonyl (C=O) groups is 1. The van der Waals surface area contributed by atoms with Crippen LogP contribution in [0.15, 0.2) is 48.5 Å². The number of halogens is 2. The molecule has 0 saturated carbocycles. The number of hydrogen-bond acceptors (Lipinski definition) is 1. The van der Waals surface area contributed by atoms with Crippen molar-refractivity contribution in [3.63, 3.8) is 0 Å². The van der Waals surface area contributed by atoms with Gasteiger partial charge in [0.25, 0.3) is 0 Å². The van der Waals surface area contributed by atoms with Crippen LogP contribution in [0.3, 0.4) is 0 Å². The maximum atomic E-state index is 12.2. The summed E-state index contributed by atoms with van der Waals surface area (Å²) in [7, 11) is 0. The molecule has 3 rings (SSSR count). The molecule has 2 aromatic carbocycles. The summed E-state index contributed by atoms with van der Waals surface area (Å²) >= 11 is 12.1. The van der Waals surface area contributed by atoms with Crippen molar-refractivity contribution in [1.29, 1.82) is 0 Å². The molecule has 1 fully saturated rings. The SMILES string of the molecule is O=C1NC[C@@H](c2cccc(Cl)c2)[C@@H]1c1cccc(Cl)c1. The Balaban J connectivity index is 2.01. The van der Waals surface area contributed by atoms with E-state index < -0.39 is 0 Å². The van der Waals surface area contributed by atoms with E-state index in [1.807, 2.05) is 48.5 Å². The lowest BCUT2D eigenvalue weighted by Gasteiger charge is -2.18. The first kappa shape index (κ1) is 13.5. The van der Waals surface area contributed by atoms with Crippen LogP contribution < -0.4 is 5.32 Å². The Hall–Kier alpha value is -1.51. The fourth-order valence-electron chi connectivity index (χ4n) is 2.75. The minimum atomic E-state index is -0.216. The van der Waals surface area contributed by atoms with E-state index in [2.05, 4.69) is 5.32 Å². The highest BCUT2D eigenvalue weighted by Gasteiger charge is 2.36. The first-order valence-corrected chi connectivity index (χ1v) is 7.19. The van der Waals surface area contributed by atoms with E-state index >= 15 is 0 Å². The van der Waals surface area contributed by atoms with Crippen molar-refractivity contribution in [2.24, 2.45) is 0 Å². The van der Waals surface area contributed by atoms with E-state index in [9.17, 15) is 4.79 Å².